The zero-order valence-corrected chi connectivity index (χ0v) is 13.7. The third-order valence-corrected chi connectivity index (χ3v) is 3.22. The molecule has 0 saturated carbocycles. The summed E-state index contributed by atoms with van der Waals surface area (Å²) in [7, 11) is 1.52. The summed E-state index contributed by atoms with van der Waals surface area (Å²) in [4.78, 5) is 16.2. The van der Waals surface area contributed by atoms with Crippen LogP contribution in [-0.4, -0.2) is 24.7 Å². The maximum Gasteiger partial charge on any atom is 0.319 e. The third kappa shape index (κ3) is 4.75. The van der Waals surface area contributed by atoms with Crippen molar-refractivity contribution in [1.29, 1.82) is 0 Å². The lowest BCUT2D eigenvalue weighted by Gasteiger charge is -2.12. The predicted molar refractivity (Wildman–Crippen MR) is 89.3 cm³/mol. The SMILES string of the molecule is CCOc1ncccc1CNC(=O)Nc1cc(Cl)ccc1OC. The van der Waals surface area contributed by atoms with Crippen LogP contribution in [0.1, 0.15) is 12.5 Å². The highest BCUT2D eigenvalue weighted by atomic mass is 35.5. The molecule has 0 aliphatic rings. The van der Waals surface area contributed by atoms with Crippen LogP contribution in [0.2, 0.25) is 5.02 Å². The number of carbonyl (C=O) groups excluding carboxylic acids is 1. The lowest BCUT2D eigenvalue weighted by Crippen LogP contribution is -2.28. The third-order valence-electron chi connectivity index (χ3n) is 2.98. The molecule has 2 N–H and O–H groups in total. The van der Waals surface area contributed by atoms with Gasteiger partial charge in [0.05, 0.1) is 19.4 Å². The van der Waals surface area contributed by atoms with Crippen molar-refractivity contribution >= 4 is 23.3 Å². The second-order valence-corrected chi connectivity index (χ2v) is 4.99. The Bertz CT molecular complexity index is 679. The Kier molecular flexibility index (Phi) is 6.05. The summed E-state index contributed by atoms with van der Waals surface area (Å²) in [5.41, 5.74) is 1.29. The Morgan fingerprint density at radius 1 is 1.35 bits per heavy atom. The van der Waals surface area contributed by atoms with Gasteiger partial charge in [-0.05, 0) is 31.2 Å². The van der Waals surface area contributed by atoms with Crippen LogP contribution in [0.3, 0.4) is 0 Å². The van der Waals surface area contributed by atoms with Gasteiger partial charge in [-0.25, -0.2) is 9.78 Å². The van der Waals surface area contributed by atoms with E-state index in [-0.39, 0.29) is 12.6 Å². The van der Waals surface area contributed by atoms with Gasteiger partial charge in [0, 0.05) is 23.3 Å². The second kappa shape index (κ2) is 8.24. The first kappa shape index (κ1) is 16.9. The number of hydrogen-bond donors (Lipinski definition) is 2. The minimum atomic E-state index is -0.378. The van der Waals surface area contributed by atoms with Gasteiger partial charge in [-0.2, -0.15) is 0 Å². The maximum absolute atomic E-state index is 12.1. The van der Waals surface area contributed by atoms with Crippen molar-refractivity contribution in [3.05, 3.63) is 47.1 Å². The number of amides is 2. The first-order valence-electron chi connectivity index (χ1n) is 7.09. The first-order valence-corrected chi connectivity index (χ1v) is 7.47. The van der Waals surface area contributed by atoms with Gasteiger partial charge in [0.1, 0.15) is 5.75 Å². The van der Waals surface area contributed by atoms with Crippen molar-refractivity contribution in [2.75, 3.05) is 19.0 Å². The molecule has 23 heavy (non-hydrogen) atoms. The average Bonchev–Trinajstić information content (AvgIpc) is 2.54. The van der Waals surface area contributed by atoms with Gasteiger partial charge in [0.15, 0.2) is 0 Å². The molecule has 2 rings (SSSR count). The van der Waals surface area contributed by atoms with Crippen molar-refractivity contribution in [1.82, 2.24) is 10.3 Å². The molecule has 1 aromatic carbocycles. The van der Waals surface area contributed by atoms with Crippen LogP contribution in [-0.2, 0) is 6.54 Å². The molecule has 0 fully saturated rings. The Hall–Kier alpha value is -2.47. The van der Waals surface area contributed by atoms with E-state index >= 15 is 0 Å². The van der Waals surface area contributed by atoms with Crippen LogP contribution in [0.4, 0.5) is 10.5 Å². The monoisotopic (exact) mass is 335 g/mol. The molecule has 7 heteroatoms. The number of anilines is 1. The number of halogens is 1. The van der Waals surface area contributed by atoms with Crippen LogP contribution in [0.5, 0.6) is 11.6 Å². The molecule has 0 atom stereocenters. The Morgan fingerprint density at radius 3 is 2.91 bits per heavy atom. The molecule has 2 amide bonds. The number of benzene rings is 1. The number of carbonyl (C=O) groups is 1. The molecule has 122 valence electrons. The molecule has 1 heterocycles. The highest BCUT2D eigenvalue weighted by Gasteiger charge is 2.10. The Labute approximate surface area is 139 Å². The summed E-state index contributed by atoms with van der Waals surface area (Å²) < 4.78 is 10.6. The molecule has 2 aromatic rings. The number of nitrogens with zero attached hydrogens (tertiary/aromatic N) is 1. The summed E-state index contributed by atoms with van der Waals surface area (Å²) in [6.45, 7) is 2.68. The van der Waals surface area contributed by atoms with Gasteiger partial charge in [-0.3, -0.25) is 0 Å². The van der Waals surface area contributed by atoms with Crippen LogP contribution in [0, 0.1) is 0 Å². The number of rotatable bonds is 6. The first-order chi connectivity index (χ1) is 11.1. The fourth-order valence-corrected chi connectivity index (χ4v) is 2.12. The molecule has 0 unspecified atom stereocenters. The van der Waals surface area contributed by atoms with Crippen LogP contribution < -0.4 is 20.1 Å². The van der Waals surface area contributed by atoms with E-state index in [9.17, 15) is 4.79 Å². The van der Waals surface area contributed by atoms with E-state index < -0.39 is 0 Å². The molecular formula is C16H18ClN3O3. The van der Waals surface area contributed by atoms with E-state index in [0.29, 0.717) is 28.9 Å². The topological polar surface area (TPSA) is 72.5 Å². The lowest BCUT2D eigenvalue weighted by atomic mass is 10.2. The van der Waals surface area contributed by atoms with E-state index in [4.69, 9.17) is 21.1 Å². The summed E-state index contributed by atoms with van der Waals surface area (Å²) >= 11 is 5.93. The number of aromatic nitrogens is 1. The zero-order valence-electron chi connectivity index (χ0n) is 12.9. The molecule has 0 bridgehead atoms. The zero-order chi connectivity index (χ0) is 16.7. The highest BCUT2D eigenvalue weighted by molar-refractivity contribution is 6.31. The number of urea groups is 1. The van der Waals surface area contributed by atoms with Crippen LogP contribution >= 0.6 is 11.6 Å². The molecule has 0 spiro atoms. The maximum atomic E-state index is 12.1. The second-order valence-electron chi connectivity index (χ2n) is 4.55. The van der Waals surface area contributed by atoms with Crippen molar-refractivity contribution in [2.24, 2.45) is 0 Å². The fourth-order valence-electron chi connectivity index (χ4n) is 1.95. The molecule has 0 aliphatic heterocycles. The minimum Gasteiger partial charge on any atom is -0.495 e. The van der Waals surface area contributed by atoms with Crippen molar-refractivity contribution < 1.29 is 14.3 Å². The van der Waals surface area contributed by atoms with E-state index in [2.05, 4.69) is 15.6 Å². The van der Waals surface area contributed by atoms with E-state index in [1.807, 2.05) is 13.0 Å². The van der Waals surface area contributed by atoms with Gasteiger partial charge in [-0.1, -0.05) is 17.7 Å². The fraction of sp³-hybridized carbons (Fsp3) is 0.250. The number of hydrogen-bond acceptors (Lipinski definition) is 4. The van der Waals surface area contributed by atoms with E-state index in [0.717, 1.165) is 5.56 Å². The lowest BCUT2D eigenvalue weighted by molar-refractivity contribution is 0.251. The van der Waals surface area contributed by atoms with Crippen molar-refractivity contribution in [2.45, 2.75) is 13.5 Å². The minimum absolute atomic E-state index is 0.290. The largest absolute Gasteiger partial charge is 0.495 e. The predicted octanol–water partition coefficient (Wildman–Crippen LogP) is 3.46. The highest BCUT2D eigenvalue weighted by Crippen LogP contribution is 2.27. The van der Waals surface area contributed by atoms with E-state index in [1.165, 1.54) is 7.11 Å². The van der Waals surface area contributed by atoms with Crippen molar-refractivity contribution in [3.63, 3.8) is 0 Å². The number of nitrogens with one attached hydrogen (secondary N) is 2. The Balaban J connectivity index is 2.00. The summed E-state index contributed by atoms with van der Waals surface area (Å²) in [5, 5.41) is 5.96. The molecule has 6 nitrogen and oxygen atoms in total. The normalized spacial score (nSPS) is 10.0. The van der Waals surface area contributed by atoms with Gasteiger partial charge < -0.3 is 20.1 Å². The standard InChI is InChI=1S/C16H18ClN3O3/c1-3-23-15-11(5-4-8-18-15)10-19-16(21)20-13-9-12(17)6-7-14(13)22-2/h4-9H,3,10H2,1-2H3,(H2,19,20,21). The van der Waals surface area contributed by atoms with Crippen molar-refractivity contribution in [3.8, 4) is 11.6 Å². The average molecular weight is 336 g/mol. The molecule has 0 aliphatic carbocycles. The van der Waals surface area contributed by atoms with Crippen LogP contribution in [0.25, 0.3) is 0 Å². The number of pyridine rings is 1. The molecule has 1 aromatic heterocycles. The van der Waals surface area contributed by atoms with E-state index in [1.54, 1.807) is 30.5 Å². The quantitative estimate of drug-likeness (QED) is 0.848. The van der Waals surface area contributed by atoms with Gasteiger partial charge >= 0.3 is 6.03 Å². The molecule has 0 saturated heterocycles. The van der Waals surface area contributed by atoms with Gasteiger partial charge in [0.2, 0.25) is 5.88 Å². The smallest absolute Gasteiger partial charge is 0.319 e. The summed E-state index contributed by atoms with van der Waals surface area (Å²) in [5.74, 6) is 1.04. The van der Waals surface area contributed by atoms with Gasteiger partial charge in [0.25, 0.3) is 0 Å². The number of ether oxygens (including phenoxy) is 2. The molecule has 0 radical (unpaired) electrons. The molecular weight excluding hydrogens is 318 g/mol. The van der Waals surface area contributed by atoms with Gasteiger partial charge in [-0.15, -0.1) is 0 Å². The van der Waals surface area contributed by atoms with Crippen LogP contribution in [0.15, 0.2) is 36.5 Å². The Morgan fingerprint density at radius 2 is 2.17 bits per heavy atom. The summed E-state index contributed by atoms with van der Waals surface area (Å²) in [6, 6.07) is 8.25. The summed E-state index contributed by atoms with van der Waals surface area (Å²) in [6.07, 6.45) is 1.64. The number of methoxy groups -OCH3 is 1.